The van der Waals surface area contributed by atoms with Crippen LogP contribution in [0.4, 0.5) is 0 Å². The Kier molecular flexibility index (Phi) is 4.24. The third kappa shape index (κ3) is 3.16. The van der Waals surface area contributed by atoms with E-state index < -0.39 is 0 Å². The fraction of sp³-hybridized carbons (Fsp3) is 0.158. The summed E-state index contributed by atoms with van der Waals surface area (Å²) < 4.78 is 12.3. The van der Waals surface area contributed by atoms with Crippen LogP contribution >= 0.6 is 0 Å². The number of methoxy groups -OCH3 is 2. The van der Waals surface area contributed by atoms with E-state index in [1.165, 1.54) is 0 Å². The number of ether oxygens (including phenoxy) is 2. The first-order valence-corrected chi connectivity index (χ1v) is 7.35. The number of hydrogen-bond acceptors (Lipinski definition) is 3. The highest BCUT2D eigenvalue weighted by atomic mass is 16.5. The van der Waals surface area contributed by atoms with Crippen LogP contribution < -0.4 is 14.0 Å². The minimum Gasteiger partial charge on any atom is -0.497 e. The zero-order valence-electron chi connectivity index (χ0n) is 13.2. The summed E-state index contributed by atoms with van der Waals surface area (Å²) in [6.07, 6.45) is 1.91. The lowest BCUT2D eigenvalue weighted by molar-refractivity contribution is -0.657. The summed E-state index contributed by atoms with van der Waals surface area (Å²) in [5, 5.41) is 1.04. The van der Waals surface area contributed by atoms with Crippen LogP contribution in [0, 0.1) is 0 Å². The standard InChI is InChI=1S/C19H18NO3/c1-22-16-7-5-14(6-8-16)19(21)13-20-11-3-4-15-12-17(23-2)9-10-18(15)20/h3-12H,13H2,1-2H3/q+1. The lowest BCUT2D eigenvalue weighted by atomic mass is 10.1. The second kappa shape index (κ2) is 6.48. The van der Waals surface area contributed by atoms with Crippen molar-refractivity contribution in [3.05, 3.63) is 66.4 Å². The van der Waals surface area contributed by atoms with Crippen molar-refractivity contribution in [2.75, 3.05) is 14.2 Å². The van der Waals surface area contributed by atoms with Crippen LogP contribution in [-0.2, 0) is 6.54 Å². The molecule has 1 aromatic heterocycles. The van der Waals surface area contributed by atoms with Crippen molar-refractivity contribution >= 4 is 16.7 Å². The molecule has 1 heterocycles. The molecule has 0 saturated heterocycles. The highest BCUT2D eigenvalue weighted by Crippen LogP contribution is 2.18. The van der Waals surface area contributed by atoms with Gasteiger partial charge in [-0.3, -0.25) is 4.79 Å². The molecule has 0 fully saturated rings. The molecule has 23 heavy (non-hydrogen) atoms. The quantitative estimate of drug-likeness (QED) is 0.537. The van der Waals surface area contributed by atoms with Gasteiger partial charge in [-0.2, -0.15) is 4.57 Å². The minimum absolute atomic E-state index is 0.0565. The van der Waals surface area contributed by atoms with E-state index in [-0.39, 0.29) is 12.3 Å². The number of ketones is 1. The smallest absolute Gasteiger partial charge is 0.227 e. The molecule has 0 aliphatic heterocycles. The molecule has 0 unspecified atom stereocenters. The number of nitrogens with zero attached hydrogens (tertiary/aromatic N) is 1. The molecule has 3 rings (SSSR count). The van der Waals surface area contributed by atoms with E-state index in [1.807, 2.05) is 41.1 Å². The van der Waals surface area contributed by atoms with Gasteiger partial charge >= 0.3 is 0 Å². The average Bonchev–Trinajstić information content (AvgIpc) is 2.61. The Morgan fingerprint density at radius 1 is 0.957 bits per heavy atom. The van der Waals surface area contributed by atoms with Crippen molar-refractivity contribution in [3.63, 3.8) is 0 Å². The van der Waals surface area contributed by atoms with Gasteiger partial charge in [0.05, 0.1) is 19.6 Å². The third-order valence-corrected chi connectivity index (χ3v) is 3.81. The second-order valence-corrected chi connectivity index (χ2v) is 5.21. The van der Waals surface area contributed by atoms with E-state index in [4.69, 9.17) is 9.47 Å². The van der Waals surface area contributed by atoms with Gasteiger partial charge in [-0.25, -0.2) is 0 Å². The molecule has 0 amide bonds. The highest BCUT2D eigenvalue weighted by Gasteiger charge is 2.15. The van der Waals surface area contributed by atoms with Crippen LogP contribution in [0.3, 0.4) is 0 Å². The van der Waals surface area contributed by atoms with Crippen molar-refractivity contribution in [2.45, 2.75) is 6.54 Å². The number of rotatable bonds is 5. The summed E-state index contributed by atoms with van der Waals surface area (Å²) in [6, 6.07) is 16.9. The summed E-state index contributed by atoms with van der Waals surface area (Å²) >= 11 is 0. The topological polar surface area (TPSA) is 39.4 Å². The van der Waals surface area contributed by atoms with Gasteiger partial charge in [-0.1, -0.05) is 0 Å². The zero-order chi connectivity index (χ0) is 16.2. The number of carbonyl (C=O) groups is 1. The van der Waals surface area contributed by atoms with E-state index in [0.717, 1.165) is 22.4 Å². The molecule has 2 aromatic carbocycles. The van der Waals surface area contributed by atoms with E-state index in [1.54, 1.807) is 38.5 Å². The van der Waals surface area contributed by atoms with Crippen LogP contribution in [-0.4, -0.2) is 20.0 Å². The van der Waals surface area contributed by atoms with Gasteiger partial charge in [0.25, 0.3) is 0 Å². The number of benzene rings is 2. The predicted octanol–water partition coefficient (Wildman–Crippen LogP) is 3.03. The number of carbonyl (C=O) groups excluding carboxylic acids is 1. The van der Waals surface area contributed by atoms with Gasteiger partial charge in [0.2, 0.25) is 17.8 Å². The third-order valence-electron chi connectivity index (χ3n) is 3.81. The monoisotopic (exact) mass is 308 g/mol. The Balaban J connectivity index is 1.89. The molecule has 4 heteroatoms. The molecule has 0 aliphatic carbocycles. The lowest BCUT2D eigenvalue weighted by Gasteiger charge is -2.04. The van der Waals surface area contributed by atoms with Crippen molar-refractivity contribution in [1.29, 1.82) is 0 Å². The number of pyridine rings is 1. The van der Waals surface area contributed by atoms with Crippen molar-refractivity contribution in [1.82, 2.24) is 0 Å². The first-order chi connectivity index (χ1) is 11.2. The van der Waals surface area contributed by atoms with Gasteiger partial charge in [0.15, 0.2) is 6.20 Å². The average molecular weight is 308 g/mol. The zero-order valence-corrected chi connectivity index (χ0v) is 13.2. The number of fused-ring (bicyclic) bond motifs is 1. The van der Waals surface area contributed by atoms with Gasteiger partial charge in [-0.05, 0) is 42.5 Å². The summed E-state index contributed by atoms with van der Waals surface area (Å²) in [5.74, 6) is 1.60. The molecule has 0 spiro atoms. The van der Waals surface area contributed by atoms with Crippen LogP contribution in [0.1, 0.15) is 10.4 Å². The number of Topliss-reactive ketones (excluding diaryl/α,β-unsaturated/α-hetero) is 1. The molecule has 4 nitrogen and oxygen atoms in total. The van der Waals surface area contributed by atoms with Crippen LogP contribution in [0.25, 0.3) is 10.9 Å². The van der Waals surface area contributed by atoms with Gasteiger partial charge in [0, 0.05) is 17.7 Å². The number of hydrogen-bond donors (Lipinski definition) is 0. The van der Waals surface area contributed by atoms with Crippen LogP contribution in [0.15, 0.2) is 60.8 Å². The van der Waals surface area contributed by atoms with E-state index in [0.29, 0.717) is 5.56 Å². The Morgan fingerprint density at radius 2 is 1.65 bits per heavy atom. The molecule has 116 valence electrons. The lowest BCUT2D eigenvalue weighted by Crippen LogP contribution is -2.38. The summed E-state index contributed by atoms with van der Waals surface area (Å²) in [7, 11) is 3.25. The van der Waals surface area contributed by atoms with Crippen molar-refractivity contribution in [2.24, 2.45) is 0 Å². The van der Waals surface area contributed by atoms with Crippen LogP contribution in [0.2, 0.25) is 0 Å². The van der Waals surface area contributed by atoms with E-state index in [2.05, 4.69) is 0 Å². The second-order valence-electron chi connectivity index (χ2n) is 5.21. The van der Waals surface area contributed by atoms with E-state index >= 15 is 0 Å². The largest absolute Gasteiger partial charge is 0.497 e. The van der Waals surface area contributed by atoms with Crippen molar-refractivity contribution in [3.8, 4) is 11.5 Å². The molecular formula is C19H18NO3+. The summed E-state index contributed by atoms with van der Waals surface area (Å²) in [4.78, 5) is 12.5. The fourth-order valence-electron chi connectivity index (χ4n) is 2.55. The number of aromatic nitrogens is 1. The van der Waals surface area contributed by atoms with Gasteiger partial charge < -0.3 is 9.47 Å². The molecule has 0 aliphatic rings. The van der Waals surface area contributed by atoms with Crippen LogP contribution in [0.5, 0.6) is 11.5 Å². The molecule has 0 atom stereocenters. The summed E-state index contributed by atoms with van der Waals surface area (Å²) in [5.41, 5.74) is 1.67. The Bertz CT molecular complexity index is 841. The molecule has 0 radical (unpaired) electrons. The Hall–Kier alpha value is -2.88. The fourth-order valence-corrected chi connectivity index (χ4v) is 2.55. The predicted molar refractivity (Wildman–Crippen MR) is 88.0 cm³/mol. The first kappa shape index (κ1) is 15.0. The minimum atomic E-state index is 0.0565. The molecule has 0 N–H and O–H groups in total. The molecule has 0 bridgehead atoms. The molecule has 0 saturated carbocycles. The SMILES string of the molecule is COc1ccc(C(=O)C[n+]2cccc3cc(OC)ccc32)cc1. The van der Waals surface area contributed by atoms with Gasteiger partial charge in [-0.15, -0.1) is 0 Å². The Labute approximate surface area is 134 Å². The maximum atomic E-state index is 12.5. The van der Waals surface area contributed by atoms with Crippen molar-refractivity contribution < 1.29 is 18.8 Å². The maximum Gasteiger partial charge on any atom is 0.227 e. The molecule has 3 aromatic rings. The maximum absolute atomic E-state index is 12.5. The Morgan fingerprint density at radius 3 is 2.35 bits per heavy atom. The normalized spacial score (nSPS) is 10.5. The van der Waals surface area contributed by atoms with E-state index in [9.17, 15) is 4.79 Å². The molecular weight excluding hydrogens is 290 g/mol. The van der Waals surface area contributed by atoms with Gasteiger partial charge in [0.1, 0.15) is 11.5 Å². The highest BCUT2D eigenvalue weighted by molar-refractivity contribution is 5.95. The first-order valence-electron chi connectivity index (χ1n) is 7.35. The summed E-state index contributed by atoms with van der Waals surface area (Å²) in [6.45, 7) is 0.288.